The average Bonchev–Trinajstić information content (AvgIpc) is 2.64. The van der Waals surface area contributed by atoms with Gasteiger partial charge in [0.25, 0.3) is 5.91 Å². The lowest BCUT2D eigenvalue weighted by molar-refractivity contribution is -0.119. The van der Waals surface area contributed by atoms with Gasteiger partial charge in [0.15, 0.2) is 0 Å². The number of halogens is 1. The second-order valence-corrected chi connectivity index (χ2v) is 4.84. The number of hydrogen-bond donors (Lipinski definition) is 1. The average molecular weight is 286 g/mol. The molecule has 1 fully saturated rings. The lowest BCUT2D eigenvalue weighted by Crippen LogP contribution is -2.38. The Balaban J connectivity index is 1.97. The van der Waals surface area contributed by atoms with Gasteiger partial charge in [0.05, 0.1) is 18.4 Å². The van der Waals surface area contributed by atoms with E-state index in [1.165, 1.54) is 6.26 Å². The summed E-state index contributed by atoms with van der Waals surface area (Å²) in [5.41, 5.74) is 5.55. The van der Waals surface area contributed by atoms with Crippen LogP contribution in [-0.4, -0.2) is 54.3 Å². The van der Waals surface area contributed by atoms with Crippen LogP contribution in [0.5, 0.6) is 0 Å². The van der Waals surface area contributed by atoms with E-state index in [0.717, 1.165) is 13.0 Å². The predicted molar refractivity (Wildman–Crippen MR) is 69.9 cm³/mol. The molecule has 2 heterocycles. The smallest absolute Gasteiger partial charge is 0.258 e. The molecule has 0 saturated carbocycles. The molecule has 7 heteroatoms. The van der Waals surface area contributed by atoms with E-state index in [9.17, 15) is 9.59 Å². The lowest BCUT2D eigenvalue weighted by Gasteiger charge is -2.20. The molecule has 0 aliphatic carbocycles. The van der Waals surface area contributed by atoms with E-state index in [4.69, 9.17) is 21.8 Å². The van der Waals surface area contributed by atoms with Crippen molar-refractivity contribution >= 4 is 23.4 Å². The molecule has 19 heavy (non-hydrogen) atoms. The van der Waals surface area contributed by atoms with Gasteiger partial charge in [-0.3, -0.25) is 14.5 Å². The first-order valence-corrected chi connectivity index (χ1v) is 6.48. The van der Waals surface area contributed by atoms with Crippen LogP contribution in [-0.2, 0) is 4.79 Å². The number of primary amides is 1. The molecule has 0 atom stereocenters. The molecular formula is C12H16ClN3O3. The second-order valence-electron chi connectivity index (χ2n) is 4.50. The van der Waals surface area contributed by atoms with E-state index >= 15 is 0 Å². The second kappa shape index (κ2) is 6.08. The van der Waals surface area contributed by atoms with Crippen LogP contribution in [0.25, 0.3) is 0 Å². The Morgan fingerprint density at radius 3 is 2.74 bits per heavy atom. The van der Waals surface area contributed by atoms with Crippen molar-refractivity contribution in [3.05, 3.63) is 23.1 Å². The molecule has 1 saturated heterocycles. The molecule has 1 aliphatic rings. The number of hydrogen-bond acceptors (Lipinski definition) is 4. The molecular weight excluding hydrogens is 270 g/mol. The van der Waals surface area contributed by atoms with Crippen LogP contribution in [0.4, 0.5) is 0 Å². The zero-order valence-electron chi connectivity index (χ0n) is 10.5. The maximum absolute atomic E-state index is 12.2. The van der Waals surface area contributed by atoms with E-state index < -0.39 is 0 Å². The predicted octanol–water partition coefficient (Wildman–Crippen LogP) is 0.566. The number of rotatable bonds is 3. The van der Waals surface area contributed by atoms with Crippen LogP contribution in [0, 0.1) is 0 Å². The summed E-state index contributed by atoms with van der Waals surface area (Å²) in [6.07, 6.45) is 2.20. The summed E-state index contributed by atoms with van der Waals surface area (Å²) < 4.78 is 4.93. The Morgan fingerprint density at radius 1 is 1.32 bits per heavy atom. The fraction of sp³-hybridized carbons (Fsp3) is 0.500. The highest BCUT2D eigenvalue weighted by molar-refractivity contribution is 6.32. The third-order valence-electron chi connectivity index (χ3n) is 3.10. The van der Waals surface area contributed by atoms with Crippen LogP contribution >= 0.6 is 11.6 Å². The molecule has 2 rings (SSSR count). The Morgan fingerprint density at radius 2 is 2.11 bits per heavy atom. The van der Waals surface area contributed by atoms with Gasteiger partial charge >= 0.3 is 0 Å². The summed E-state index contributed by atoms with van der Waals surface area (Å²) in [6, 6.07) is 1.57. The minimum absolute atomic E-state index is 0.114. The highest BCUT2D eigenvalue weighted by Crippen LogP contribution is 2.19. The third kappa shape index (κ3) is 3.48. The van der Waals surface area contributed by atoms with Crippen LogP contribution in [0.15, 0.2) is 16.7 Å². The number of nitrogens with two attached hydrogens (primary N) is 1. The van der Waals surface area contributed by atoms with Crippen molar-refractivity contribution in [2.24, 2.45) is 5.73 Å². The van der Waals surface area contributed by atoms with Crippen molar-refractivity contribution in [2.75, 3.05) is 32.7 Å². The maximum Gasteiger partial charge on any atom is 0.258 e. The summed E-state index contributed by atoms with van der Waals surface area (Å²) in [5.74, 6) is -0.489. The van der Waals surface area contributed by atoms with E-state index in [1.807, 2.05) is 4.90 Å². The van der Waals surface area contributed by atoms with Crippen molar-refractivity contribution in [1.29, 1.82) is 0 Å². The molecule has 2 N–H and O–H groups in total. The van der Waals surface area contributed by atoms with Gasteiger partial charge in [0.1, 0.15) is 0 Å². The summed E-state index contributed by atoms with van der Waals surface area (Å²) in [7, 11) is 0. The number of carbonyl (C=O) groups excluding carboxylic acids is 2. The monoisotopic (exact) mass is 285 g/mol. The van der Waals surface area contributed by atoms with Gasteiger partial charge in [0.2, 0.25) is 11.1 Å². The Hall–Kier alpha value is -1.53. The molecule has 0 unspecified atom stereocenters. The molecule has 104 valence electrons. The summed E-state index contributed by atoms with van der Waals surface area (Å²) >= 11 is 5.81. The first-order valence-electron chi connectivity index (χ1n) is 6.11. The van der Waals surface area contributed by atoms with Gasteiger partial charge in [-0.15, -0.1) is 0 Å². The van der Waals surface area contributed by atoms with Crippen LogP contribution in [0.2, 0.25) is 5.22 Å². The zero-order valence-corrected chi connectivity index (χ0v) is 11.2. The number of nitrogens with zero attached hydrogens (tertiary/aromatic N) is 2. The van der Waals surface area contributed by atoms with Crippen molar-refractivity contribution < 1.29 is 14.0 Å². The van der Waals surface area contributed by atoms with Crippen LogP contribution < -0.4 is 5.73 Å². The van der Waals surface area contributed by atoms with E-state index in [2.05, 4.69) is 0 Å². The van der Waals surface area contributed by atoms with Gasteiger partial charge in [-0.1, -0.05) is 0 Å². The quantitative estimate of drug-likeness (QED) is 0.880. The Kier molecular flexibility index (Phi) is 4.44. The summed E-state index contributed by atoms with van der Waals surface area (Å²) in [4.78, 5) is 26.8. The van der Waals surface area contributed by atoms with Gasteiger partial charge in [-0.25, -0.2) is 0 Å². The molecule has 0 bridgehead atoms. The lowest BCUT2D eigenvalue weighted by atomic mass is 10.3. The number of carbonyl (C=O) groups is 2. The fourth-order valence-corrected chi connectivity index (χ4v) is 2.36. The van der Waals surface area contributed by atoms with Crippen molar-refractivity contribution in [1.82, 2.24) is 9.80 Å². The molecule has 0 radical (unpaired) electrons. The highest BCUT2D eigenvalue weighted by atomic mass is 35.5. The van der Waals surface area contributed by atoms with Crippen LogP contribution in [0.1, 0.15) is 16.8 Å². The summed E-state index contributed by atoms with van der Waals surface area (Å²) in [5, 5.41) is 0.114. The Bertz CT molecular complexity index is 475. The minimum atomic E-state index is -0.349. The van der Waals surface area contributed by atoms with E-state index in [0.29, 0.717) is 25.2 Å². The molecule has 0 aromatic carbocycles. The normalized spacial score (nSPS) is 17.2. The fourth-order valence-electron chi connectivity index (χ4n) is 2.17. The van der Waals surface area contributed by atoms with Gasteiger partial charge in [0, 0.05) is 26.2 Å². The first kappa shape index (κ1) is 13.9. The number of amides is 2. The molecule has 1 aromatic heterocycles. The summed E-state index contributed by atoms with van der Waals surface area (Å²) in [6.45, 7) is 2.80. The van der Waals surface area contributed by atoms with Crippen LogP contribution in [0.3, 0.4) is 0 Å². The van der Waals surface area contributed by atoms with E-state index in [-0.39, 0.29) is 23.6 Å². The van der Waals surface area contributed by atoms with E-state index in [1.54, 1.807) is 11.0 Å². The first-order chi connectivity index (χ1) is 9.08. The van der Waals surface area contributed by atoms with Crippen molar-refractivity contribution in [3.63, 3.8) is 0 Å². The SMILES string of the molecule is NC(=O)CN1CCCN(C(=O)c2ccoc2Cl)CC1. The van der Waals surface area contributed by atoms with Gasteiger partial charge < -0.3 is 15.1 Å². The standard InChI is InChI=1S/C12H16ClN3O3/c13-11-9(2-7-19-11)12(18)16-4-1-3-15(5-6-16)8-10(14)17/h2,7H,1,3-6,8H2,(H2,14,17). The number of furan rings is 1. The molecule has 6 nitrogen and oxygen atoms in total. The molecule has 1 aliphatic heterocycles. The topological polar surface area (TPSA) is 79.8 Å². The molecule has 1 aromatic rings. The maximum atomic E-state index is 12.2. The van der Waals surface area contributed by atoms with Gasteiger partial charge in [-0.2, -0.15) is 0 Å². The highest BCUT2D eigenvalue weighted by Gasteiger charge is 2.23. The molecule has 2 amide bonds. The molecule has 0 spiro atoms. The van der Waals surface area contributed by atoms with Gasteiger partial charge in [-0.05, 0) is 24.1 Å². The minimum Gasteiger partial charge on any atom is -0.452 e. The van der Waals surface area contributed by atoms with Crippen molar-refractivity contribution in [2.45, 2.75) is 6.42 Å². The van der Waals surface area contributed by atoms with Crippen molar-refractivity contribution in [3.8, 4) is 0 Å². The largest absolute Gasteiger partial charge is 0.452 e. The zero-order chi connectivity index (χ0) is 13.8. The third-order valence-corrected chi connectivity index (χ3v) is 3.40. The Labute approximate surface area is 116 Å².